The maximum atomic E-state index is 2.37. The molecule has 2 aromatic rings. The lowest BCUT2D eigenvalue weighted by Gasteiger charge is -2.26. The number of benzene rings is 2. The van der Waals surface area contributed by atoms with E-state index in [1.165, 1.54) is 29.1 Å². The van der Waals surface area contributed by atoms with Crippen molar-refractivity contribution >= 4 is 18.9 Å². The van der Waals surface area contributed by atoms with Crippen molar-refractivity contribution in [2.75, 3.05) is 31.3 Å². The third-order valence-electron chi connectivity index (χ3n) is 4.09. The van der Waals surface area contributed by atoms with Crippen molar-refractivity contribution in [3.63, 3.8) is 0 Å². The maximum Gasteiger partial charge on any atom is 0.0440 e. The molecule has 0 aliphatic rings. The van der Waals surface area contributed by atoms with E-state index in [0.29, 0.717) is 0 Å². The fourth-order valence-corrected chi connectivity index (χ4v) is 6.36. The topological polar surface area (TPSA) is 3.24 Å². The first-order chi connectivity index (χ1) is 11.4. The molecule has 0 aliphatic heterocycles. The molecule has 0 saturated carbocycles. The lowest BCUT2D eigenvalue weighted by atomic mass is 10.0. The van der Waals surface area contributed by atoms with Gasteiger partial charge in [0.15, 0.2) is 0 Å². The zero-order valence-corrected chi connectivity index (χ0v) is 17.0. The summed E-state index contributed by atoms with van der Waals surface area (Å²) in [7, 11) is 4.13. The highest BCUT2D eigenvalue weighted by atomic mass is 31.1. The van der Waals surface area contributed by atoms with Crippen LogP contribution in [-0.4, -0.2) is 26.4 Å². The van der Waals surface area contributed by atoms with Crippen LogP contribution in [0.2, 0.25) is 0 Å². The molecule has 2 heteroatoms. The standard InChI is InChI=1S/C22H32NP/c1-17(2)15-24(16-18(3)4)22-14-10-8-12-20(22)19-11-7-9-13-21(19)23(5)6/h7-14,17-18H,15-16H2,1-6H3. The highest BCUT2D eigenvalue weighted by Gasteiger charge is 2.19. The summed E-state index contributed by atoms with van der Waals surface area (Å²) >= 11 is 0. The monoisotopic (exact) mass is 341 g/mol. The Labute approximate surface area is 149 Å². The molecule has 2 aromatic carbocycles. The molecule has 0 aromatic heterocycles. The van der Waals surface area contributed by atoms with Gasteiger partial charge in [-0.2, -0.15) is 0 Å². The number of anilines is 1. The molecule has 0 saturated heterocycles. The largest absolute Gasteiger partial charge is 0.377 e. The Hall–Kier alpha value is -1.33. The number of hydrogen-bond donors (Lipinski definition) is 0. The van der Waals surface area contributed by atoms with Gasteiger partial charge >= 0.3 is 0 Å². The van der Waals surface area contributed by atoms with Gasteiger partial charge < -0.3 is 4.90 Å². The third-order valence-corrected chi connectivity index (χ3v) is 7.51. The SMILES string of the molecule is CC(C)CP(CC(C)C)c1ccccc1-c1ccccc1N(C)C. The molecule has 0 atom stereocenters. The van der Waals surface area contributed by atoms with Gasteiger partial charge in [0.05, 0.1) is 0 Å². The second-order valence-electron chi connectivity index (χ2n) is 7.62. The van der Waals surface area contributed by atoms with Gasteiger partial charge in [0.25, 0.3) is 0 Å². The second kappa shape index (κ2) is 8.67. The summed E-state index contributed by atoms with van der Waals surface area (Å²) in [6.45, 7) is 9.41. The Morgan fingerprint density at radius 2 is 1.25 bits per heavy atom. The van der Waals surface area contributed by atoms with E-state index in [1.54, 1.807) is 5.30 Å². The third kappa shape index (κ3) is 4.84. The van der Waals surface area contributed by atoms with Gasteiger partial charge in [0, 0.05) is 25.3 Å². The average molecular weight is 341 g/mol. The van der Waals surface area contributed by atoms with Crippen LogP contribution in [0.5, 0.6) is 0 Å². The summed E-state index contributed by atoms with van der Waals surface area (Å²) in [5.74, 6) is 1.49. The van der Waals surface area contributed by atoms with Gasteiger partial charge in [-0.15, -0.1) is 0 Å². The predicted octanol–water partition coefficient (Wildman–Crippen LogP) is 5.84. The summed E-state index contributed by atoms with van der Waals surface area (Å²) in [5.41, 5.74) is 4.08. The molecule has 0 amide bonds. The van der Waals surface area contributed by atoms with Crippen LogP contribution in [0.25, 0.3) is 11.1 Å². The number of para-hydroxylation sites is 1. The first kappa shape index (κ1) is 19.0. The van der Waals surface area contributed by atoms with Crippen LogP contribution in [0, 0.1) is 11.8 Å². The highest BCUT2D eigenvalue weighted by molar-refractivity contribution is 7.66. The number of rotatable bonds is 7. The van der Waals surface area contributed by atoms with Gasteiger partial charge in [-0.3, -0.25) is 0 Å². The van der Waals surface area contributed by atoms with Gasteiger partial charge in [0.1, 0.15) is 0 Å². The van der Waals surface area contributed by atoms with Crippen molar-refractivity contribution in [2.24, 2.45) is 11.8 Å². The molecule has 0 radical (unpaired) electrons. The van der Waals surface area contributed by atoms with Crippen LogP contribution < -0.4 is 10.2 Å². The Balaban J connectivity index is 2.53. The number of nitrogens with zero attached hydrogens (tertiary/aromatic N) is 1. The minimum atomic E-state index is -0.129. The van der Waals surface area contributed by atoms with E-state index in [0.717, 1.165) is 11.8 Å². The normalized spacial score (nSPS) is 11.5. The highest BCUT2D eigenvalue weighted by Crippen LogP contribution is 2.43. The van der Waals surface area contributed by atoms with Crippen LogP contribution in [0.1, 0.15) is 27.7 Å². The second-order valence-corrected chi connectivity index (χ2v) is 9.91. The smallest absolute Gasteiger partial charge is 0.0440 e. The first-order valence-electron chi connectivity index (χ1n) is 9.00. The molecule has 0 unspecified atom stereocenters. The van der Waals surface area contributed by atoms with Gasteiger partial charge in [0.2, 0.25) is 0 Å². The molecule has 130 valence electrons. The molecule has 1 nitrogen and oxygen atoms in total. The molecule has 0 fully saturated rings. The lowest BCUT2D eigenvalue weighted by Crippen LogP contribution is -2.16. The minimum absolute atomic E-state index is 0.129. The van der Waals surface area contributed by atoms with E-state index in [9.17, 15) is 0 Å². The first-order valence-corrected chi connectivity index (χ1v) is 10.7. The summed E-state index contributed by atoms with van der Waals surface area (Å²) < 4.78 is 0. The molecule has 24 heavy (non-hydrogen) atoms. The lowest BCUT2D eigenvalue weighted by molar-refractivity contribution is 0.721. The number of hydrogen-bond acceptors (Lipinski definition) is 1. The van der Waals surface area contributed by atoms with E-state index in [-0.39, 0.29) is 7.92 Å². The molecule has 0 bridgehead atoms. The zero-order chi connectivity index (χ0) is 17.7. The van der Waals surface area contributed by atoms with Crippen molar-refractivity contribution in [2.45, 2.75) is 27.7 Å². The minimum Gasteiger partial charge on any atom is -0.377 e. The van der Waals surface area contributed by atoms with E-state index in [4.69, 9.17) is 0 Å². The molecular weight excluding hydrogens is 309 g/mol. The van der Waals surface area contributed by atoms with Gasteiger partial charge in [-0.05, 0) is 41.1 Å². The van der Waals surface area contributed by atoms with Crippen LogP contribution in [0.15, 0.2) is 48.5 Å². The van der Waals surface area contributed by atoms with Crippen molar-refractivity contribution in [1.29, 1.82) is 0 Å². The van der Waals surface area contributed by atoms with Crippen molar-refractivity contribution in [3.8, 4) is 11.1 Å². The molecular formula is C22H32NP. The summed E-state index contributed by atoms with van der Waals surface area (Å²) in [5, 5.41) is 1.57. The van der Waals surface area contributed by atoms with E-state index < -0.39 is 0 Å². The van der Waals surface area contributed by atoms with Gasteiger partial charge in [-0.25, -0.2) is 0 Å². The molecule has 2 rings (SSSR count). The average Bonchev–Trinajstić information content (AvgIpc) is 2.53. The fraction of sp³-hybridized carbons (Fsp3) is 0.455. The zero-order valence-electron chi connectivity index (χ0n) is 16.1. The quantitative estimate of drug-likeness (QED) is 0.572. The Bertz CT molecular complexity index is 636. The van der Waals surface area contributed by atoms with Crippen LogP contribution in [-0.2, 0) is 0 Å². The van der Waals surface area contributed by atoms with Gasteiger partial charge in [-0.1, -0.05) is 78.1 Å². The molecule has 0 heterocycles. The summed E-state index contributed by atoms with van der Waals surface area (Å²) in [6.07, 6.45) is 2.63. The van der Waals surface area contributed by atoms with E-state index in [2.05, 4.69) is 95.2 Å². The Morgan fingerprint density at radius 1 is 0.750 bits per heavy atom. The van der Waals surface area contributed by atoms with Crippen LogP contribution >= 0.6 is 7.92 Å². The van der Waals surface area contributed by atoms with E-state index in [1.807, 2.05) is 0 Å². The Morgan fingerprint density at radius 3 is 1.79 bits per heavy atom. The predicted molar refractivity (Wildman–Crippen MR) is 112 cm³/mol. The molecule has 0 N–H and O–H groups in total. The van der Waals surface area contributed by atoms with Crippen molar-refractivity contribution in [3.05, 3.63) is 48.5 Å². The van der Waals surface area contributed by atoms with Crippen molar-refractivity contribution in [1.82, 2.24) is 0 Å². The summed E-state index contributed by atoms with van der Waals surface area (Å²) in [4.78, 5) is 2.22. The van der Waals surface area contributed by atoms with Crippen molar-refractivity contribution < 1.29 is 0 Å². The van der Waals surface area contributed by atoms with E-state index >= 15 is 0 Å². The molecule has 0 aliphatic carbocycles. The summed E-state index contributed by atoms with van der Waals surface area (Å²) in [6, 6.07) is 17.9. The Kier molecular flexibility index (Phi) is 6.87. The maximum absolute atomic E-state index is 2.37. The molecule has 0 spiro atoms. The fourth-order valence-electron chi connectivity index (χ4n) is 3.22. The van der Waals surface area contributed by atoms with Crippen LogP contribution in [0.3, 0.4) is 0 Å². The van der Waals surface area contributed by atoms with Crippen LogP contribution in [0.4, 0.5) is 5.69 Å².